The number of benzene rings is 1. The fraction of sp³-hybridized carbons (Fsp3) is 0.727. The lowest BCUT2D eigenvalue weighted by molar-refractivity contribution is 0.113. The first-order valence-electron chi connectivity index (χ1n) is 11.2. The zero-order valence-corrected chi connectivity index (χ0v) is 21.8. The van der Waals surface area contributed by atoms with Crippen molar-refractivity contribution < 1.29 is 27.2 Å². The van der Waals surface area contributed by atoms with Crippen molar-refractivity contribution in [3.63, 3.8) is 0 Å². The lowest BCUT2D eigenvalue weighted by Crippen LogP contribution is -2.51. The van der Waals surface area contributed by atoms with E-state index in [9.17, 15) is 0 Å². The Bertz CT molecular complexity index is 530. The van der Waals surface area contributed by atoms with Gasteiger partial charge in [0.15, 0.2) is 0 Å². The van der Waals surface area contributed by atoms with E-state index in [-0.39, 0.29) is 0 Å². The van der Waals surface area contributed by atoms with E-state index in [2.05, 4.69) is 25.2 Å². The van der Waals surface area contributed by atoms with Gasteiger partial charge in [-0.25, -0.2) is 0 Å². The average molecular weight is 459 g/mol. The van der Waals surface area contributed by atoms with Crippen LogP contribution in [-0.2, 0) is 27.2 Å². The van der Waals surface area contributed by atoms with Crippen LogP contribution in [0.15, 0.2) is 30.3 Å². The molecular weight excluding hydrogens is 416 g/mol. The maximum atomic E-state index is 5.77. The highest BCUT2D eigenvalue weighted by atomic mass is 28.4. The molecule has 1 heterocycles. The SMILES string of the molecule is CCO[Si](C)(CCCOCC1CO1)OCC.CCO[Si](C)(OCC)c1ccccc1. The second kappa shape index (κ2) is 15.3. The second-order valence-corrected chi connectivity index (χ2v) is 13.7. The summed E-state index contributed by atoms with van der Waals surface area (Å²) in [5.41, 5.74) is 0. The highest BCUT2D eigenvalue weighted by molar-refractivity contribution is 6.79. The normalized spacial score (nSPS) is 16.1. The van der Waals surface area contributed by atoms with Gasteiger partial charge in [0.25, 0.3) is 0 Å². The molecule has 8 heteroatoms. The van der Waals surface area contributed by atoms with Crippen molar-refractivity contribution in [2.45, 2.75) is 59.4 Å². The van der Waals surface area contributed by atoms with E-state index < -0.39 is 17.1 Å². The summed E-state index contributed by atoms with van der Waals surface area (Å²) in [5, 5.41) is 1.20. The smallest absolute Gasteiger partial charge is 0.369 e. The molecule has 0 spiro atoms. The summed E-state index contributed by atoms with van der Waals surface area (Å²) in [7, 11) is -4.05. The summed E-state index contributed by atoms with van der Waals surface area (Å²) in [6.45, 7) is 17.5. The Kier molecular flexibility index (Phi) is 14.0. The maximum absolute atomic E-state index is 5.77. The molecule has 0 N–H and O–H groups in total. The van der Waals surface area contributed by atoms with Crippen molar-refractivity contribution >= 4 is 22.3 Å². The van der Waals surface area contributed by atoms with Crippen LogP contribution in [-0.4, -0.2) is 69.5 Å². The van der Waals surface area contributed by atoms with Crippen molar-refractivity contribution in [3.05, 3.63) is 30.3 Å². The van der Waals surface area contributed by atoms with E-state index in [0.717, 1.165) is 45.5 Å². The van der Waals surface area contributed by atoms with E-state index in [0.29, 0.717) is 19.3 Å². The number of hydrogen-bond donors (Lipinski definition) is 0. The molecule has 1 unspecified atom stereocenters. The first-order valence-corrected chi connectivity index (χ1v) is 16.1. The van der Waals surface area contributed by atoms with Gasteiger partial charge in [0.1, 0.15) is 6.10 Å². The first kappa shape index (κ1) is 27.4. The molecule has 30 heavy (non-hydrogen) atoms. The molecule has 0 aromatic heterocycles. The molecule has 0 aliphatic carbocycles. The fourth-order valence-electron chi connectivity index (χ4n) is 3.17. The van der Waals surface area contributed by atoms with Gasteiger partial charge in [0.2, 0.25) is 0 Å². The predicted octanol–water partition coefficient (Wildman–Crippen LogP) is 3.98. The van der Waals surface area contributed by atoms with Crippen LogP contribution in [0.5, 0.6) is 0 Å². The molecule has 174 valence electrons. The predicted molar refractivity (Wildman–Crippen MR) is 126 cm³/mol. The molecule has 6 nitrogen and oxygen atoms in total. The minimum atomic E-state index is -2.13. The lowest BCUT2D eigenvalue weighted by atomic mass is 10.4. The second-order valence-electron chi connectivity index (χ2n) is 7.31. The summed E-state index contributed by atoms with van der Waals surface area (Å²) >= 11 is 0. The third kappa shape index (κ3) is 11.2. The molecule has 0 bridgehead atoms. The number of rotatable bonds is 15. The highest BCUT2D eigenvalue weighted by Crippen LogP contribution is 2.16. The molecule has 1 aromatic carbocycles. The summed E-state index contributed by atoms with van der Waals surface area (Å²) in [5.74, 6) is 0. The van der Waals surface area contributed by atoms with Crippen molar-refractivity contribution in [3.8, 4) is 0 Å². The van der Waals surface area contributed by atoms with Gasteiger partial charge in [-0.15, -0.1) is 0 Å². The molecule has 1 aliphatic rings. The van der Waals surface area contributed by atoms with Gasteiger partial charge in [-0.1, -0.05) is 30.3 Å². The summed E-state index contributed by atoms with van der Waals surface area (Å²) in [6, 6.07) is 11.2. The first-order chi connectivity index (χ1) is 14.4. The van der Waals surface area contributed by atoms with Crippen LogP contribution in [0.3, 0.4) is 0 Å². The van der Waals surface area contributed by atoms with Crippen molar-refractivity contribution in [1.82, 2.24) is 0 Å². The molecule has 0 saturated carbocycles. The van der Waals surface area contributed by atoms with Crippen LogP contribution >= 0.6 is 0 Å². The van der Waals surface area contributed by atoms with Crippen LogP contribution < -0.4 is 5.19 Å². The third-order valence-electron chi connectivity index (χ3n) is 4.66. The van der Waals surface area contributed by atoms with Crippen LogP contribution in [0.4, 0.5) is 0 Å². The topological polar surface area (TPSA) is 58.7 Å². The summed E-state index contributed by atoms with van der Waals surface area (Å²) in [4.78, 5) is 0. The minimum absolute atomic E-state index is 0.363. The Hall–Kier alpha value is -0.586. The molecule has 0 amide bonds. The molecule has 1 aliphatic heterocycles. The maximum Gasteiger partial charge on any atom is 0.369 e. The molecule has 1 fully saturated rings. The standard InChI is InChI=1S/C11H24O4Si.C11H18O2Si/c1-4-14-16(3,15-5-2)8-6-7-12-9-11-10-13-11;1-4-12-14(3,13-5-2)11-9-7-6-8-10-11/h11H,4-10H2,1-3H3;6-10H,4-5H2,1-3H3. The zero-order valence-electron chi connectivity index (χ0n) is 19.8. The Labute approximate surface area is 185 Å². The molecule has 0 radical (unpaired) electrons. The zero-order chi connectivity index (χ0) is 22.3. The monoisotopic (exact) mass is 458 g/mol. The summed E-state index contributed by atoms with van der Waals surface area (Å²) in [6.07, 6.45) is 1.37. The largest absolute Gasteiger partial charge is 0.395 e. The van der Waals surface area contributed by atoms with Crippen LogP contribution in [0.1, 0.15) is 34.1 Å². The molecule has 2 rings (SSSR count). The number of ether oxygens (including phenoxy) is 2. The molecule has 1 saturated heterocycles. The van der Waals surface area contributed by atoms with Gasteiger partial charge < -0.3 is 27.2 Å². The van der Waals surface area contributed by atoms with E-state index in [4.69, 9.17) is 27.2 Å². The van der Waals surface area contributed by atoms with Gasteiger partial charge in [-0.05, 0) is 58.4 Å². The lowest BCUT2D eigenvalue weighted by Gasteiger charge is -2.26. The van der Waals surface area contributed by atoms with Gasteiger partial charge in [-0.3, -0.25) is 0 Å². The quantitative estimate of drug-likeness (QED) is 0.225. The van der Waals surface area contributed by atoms with E-state index in [1.54, 1.807) is 0 Å². The van der Waals surface area contributed by atoms with Crippen LogP contribution in [0, 0.1) is 0 Å². The van der Waals surface area contributed by atoms with Crippen molar-refractivity contribution in [2.24, 2.45) is 0 Å². The number of epoxide rings is 1. The van der Waals surface area contributed by atoms with Crippen molar-refractivity contribution in [2.75, 3.05) is 46.2 Å². The highest BCUT2D eigenvalue weighted by Gasteiger charge is 2.33. The Balaban J connectivity index is 0.000000303. The number of hydrogen-bond acceptors (Lipinski definition) is 6. The molecular formula is C22H42O6Si2. The fourth-order valence-corrected chi connectivity index (χ4v) is 7.87. The van der Waals surface area contributed by atoms with Gasteiger partial charge in [0.05, 0.1) is 13.2 Å². The van der Waals surface area contributed by atoms with Crippen LogP contribution in [0.2, 0.25) is 19.1 Å². The summed E-state index contributed by atoms with van der Waals surface area (Å²) < 4.78 is 33.6. The third-order valence-corrected chi connectivity index (χ3v) is 10.8. The average Bonchev–Trinajstić information content (AvgIpc) is 3.54. The molecule has 1 aromatic rings. The minimum Gasteiger partial charge on any atom is -0.395 e. The Morgan fingerprint density at radius 3 is 1.87 bits per heavy atom. The van der Waals surface area contributed by atoms with Gasteiger partial charge in [0, 0.05) is 33.0 Å². The van der Waals surface area contributed by atoms with E-state index in [1.807, 2.05) is 45.9 Å². The van der Waals surface area contributed by atoms with Crippen LogP contribution in [0.25, 0.3) is 0 Å². The van der Waals surface area contributed by atoms with E-state index >= 15 is 0 Å². The molecule has 1 atom stereocenters. The van der Waals surface area contributed by atoms with Gasteiger partial charge in [-0.2, -0.15) is 0 Å². The van der Waals surface area contributed by atoms with Crippen molar-refractivity contribution in [1.29, 1.82) is 0 Å². The van der Waals surface area contributed by atoms with E-state index in [1.165, 1.54) is 5.19 Å². The Morgan fingerprint density at radius 1 is 0.867 bits per heavy atom. The Morgan fingerprint density at radius 2 is 1.40 bits per heavy atom. The van der Waals surface area contributed by atoms with Gasteiger partial charge >= 0.3 is 17.1 Å².